The number of benzene rings is 1. The summed E-state index contributed by atoms with van der Waals surface area (Å²) >= 11 is 2.76. The second kappa shape index (κ2) is 7.84. The number of likely N-dealkylation sites (N-methyl/N-ethyl adjacent to an activating group) is 1. The molecule has 0 saturated heterocycles. The van der Waals surface area contributed by atoms with E-state index in [-0.39, 0.29) is 11.4 Å². The lowest BCUT2D eigenvalue weighted by molar-refractivity contribution is -0.129. The number of aromatic nitrogens is 2. The highest BCUT2D eigenvalue weighted by atomic mass is 32.1. The zero-order chi connectivity index (χ0) is 22.6. The number of rotatable bonds is 6. The number of thiophene rings is 1. The van der Waals surface area contributed by atoms with Gasteiger partial charge in [-0.1, -0.05) is 29.5 Å². The van der Waals surface area contributed by atoms with Gasteiger partial charge in [-0.25, -0.2) is 4.98 Å². The van der Waals surface area contributed by atoms with Crippen molar-refractivity contribution in [3.63, 3.8) is 0 Å². The average molecular weight is 467 g/mol. The molecular weight excluding hydrogens is 444 g/mol. The van der Waals surface area contributed by atoms with Crippen LogP contribution in [-0.2, 0) is 4.79 Å². The van der Waals surface area contributed by atoms with Gasteiger partial charge >= 0.3 is 0 Å². The van der Waals surface area contributed by atoms with Crippen molar-refractivity contribution in [3.05, 3.63) is 68.6 Å². The van der Waals surface area contributed by atoms with Crippen molar-refractivity contribution >= 4 is 50.4 Å². The van der Waals surface area contributed by atoms with Crippen LogP contribution in [0.1, 0.15) is 26.3 Å². The number of aryl methyl sites for hydroxylation is 1. The maximum absolute atomic E-state index is 13.8. The van der Waals surface area contributed by atoms with Gasteiger partial charge in [-0.3, -0.25) is 14.0 Å². The third-order valence-electron chi connectivity index (χ3n) is 5.74. The molecule has 0 radical (unpaired) electrons. The van der Waals surface area contributed by atoms with E-state index in [0.29, 0.717) is 22.9 Å². The lowest BCUT2D eigenvalue weighted by Gasteiger charge is -2.26. The Morgan fingerprint density at radius 2 is 2.00 bits per heavy atom. The minimum atomic E-state index is -0.597. The number of Topliss-reactive ketones (excluding diaryl/α,β-unsaturated/α-hetero) is 1. The van der Waals surface area contributed by atoms with E-state index in [0.717, 1.165) is 21.6 Å². The van der Waals surface area contributed by atoms with E-state index in [1.165, 1.54) is 22.7 Å². The molecule has 0 saturated carbocycles. The van der Waals surface area contributed by atoms with Gasteiger partial charge in [-0.15, -0.1) is 11.3 Å². The predicted molar refractivity (Wildman–Crippen MR) is 127 cm³/mol. The Hall–Kier alpha value is -3.01. The van der Waals surface area contributed by atoms with E-state index < -0.39 is 17.7 Å². The zero-order valence-corrected chi connectivity index (χ0v) is 19.5. The molecule has 0 bridgehead atoms. The van der Waals surface area contributed by atoms with E-state index in [9.17, 15) is 14.7 Å². The van der Waals surface area contributed by atoms with Crippen LogP contribution in [0.15, 0.2) is 53.1 Å². The number of hydrogen-bond acceptors (Lipinski definition) is 7. The van der Waals surface area contributed by atoms with Gasteiger partial charge in [0.15, 0.2) is 10.7 Å². The molecule has 9 heteroatoms. The summed E-state index contributed by atoms with van der Waals surface area (Å²) in [6.07, 6.45) is 0. The van der Waals surface area contributed by atoms with E-state index in [1.807, 2.05) is 72.1 Å². The molecule has 3 aromatic heterocycles. The standard InChI is InChI=1S/C23H22N4O3S2/c1-13-21(32-23-24-14-7-4-5-8-15(14)27(13)23)19(28)17-18(16-9-6-12-31-16)26(11-10-25(2)3)22(30)20(17)29/h4-9,12,18,29H,10-11H2,1-3H3. The van der Waals surface area contributed by atoms with Gasteiger partial charge in [0, 0.05) is 23.7 Å². The summed E-state index contributed by atoms with van der Waals surface area (Å²) in [6.45, 7) is 2.91. The van der Waals surface area contributed by atoms with Gasteiger partial charge in [0.2, 0.25) is 5.78 Å². The number of imidazole rings is 1. The maximum atomic E-state index is 13.8. The minimum Gasteiger partial charge on any atom is -0.503 e. The van der Waals surface area contributed by atoms with Gasteiger partial charge in [0.05, 0.1) is 27.5 Å². The summed E-state index contributed by atoms with van der Waals surface area (Å²) in [6, 6.07) is 11.0. The molecule has 1 atom stereocenters. The van der Waals surface area contributed by atoms with Gasteiger partial charge in [-0.2, -0.15) is 0 Å². The number of para-hydroxylation sites is 2. The highest BCUT2D eigenvalue weighted by Crippen LogP contribution is 2.42. The highest BCUT2D eigenvalue weighted by molar-refractivity contribution is 7.19. The Labute approximate surface area is 192 Å². The number of aliphatic hydroxyl groups excluding tert-OH is 1. The number of carbonyl (C=O) groups excluding carboxylic acids is 2. The predicted octanol–water partition coefficient (Wildman–Crippen LogP) is 4.06. The van der Waals surface area contributed by atoms with Crippen LogP contribution >= 0.6 is 22.7 Å². The smallest absolute Gasteiger partial charge is 0.290 e. The Morgan fingerprint density at radius 1 is 1.22 bits per heavy atom. The summed E-state index contributed by atoms with van der Waals surface area (Å²) in [5.74, 6) is -1.28. The Balaban J connectivity index is 1.61. The number of ketones is 1. The topological polar surface area (TPSA) is 78.2 Å². The third kappa shape index (κ3) is 3.16. The zero-order valence-electron chi connectivity index (χ0n) is 17.9. The Morgan fingerprint density at radius 3 is 2.72 bits per heavy atom. The maximum Gasteiger partial charge on any atom is 0.290 e. The van der Waals surface area contributed by atoms with E-state index in [1.54, 1.807) is 4.90 Å². The molecule has 7 nitrogen and oxygen atoms in total. The summed E-state index contributed by atoms with van der Waals surface area (Å²) in [5, 5.41) is 12.7. The van der Waals surface area contributed by atoms with Crippen molar-refractivity contribution in [2.75, 3.05) is 27.2 Å². The summed E-state index contributed by atoms with van der Waals surface area (Å²) < 4.78 is 1.96. The molecule has 0 fully saturated rings. The number of hydrogen-bond donors (Lipinski definition) is 1. The van der Waals surface area contributed by atoms with Crippen molar-refractivity contribution in [2.45, 2.75) is 13.0 Å². The van der Waals surface area contributed by atoms with Crippen molar-refractivity contribution in [1.82, 2.24) is 19.2 Å². The van der Waals surface area contributed by atoms with Crippen molar-refractivity contribution in [1.29, 1.82) is 0 Å². The highest BCUT2D eigenvalue weighted by Gasteiger charge is 2.44. The fourth-order valence-corrected chi connectivity index (χ4v) is 6.10. The SMILES string of the molecule is Cc1c(C(=O)C2=C(O)C(=O)N(CCN(C)C)C2c2cccs2)sc2nc3ccccc3n12. The molecule has 4 heterocycles. The van der Waals surface area contributed by atoms with E-state index in [2.05, 4.69) is 4.98 Å². The number of aliphatic hydroxyl groups is 1. The molecule has 1 aromatic carbocycles. The first-order chi connectivity index (χ1) is 15.4. The molecule has 1 aliphatic heterocycles. The van der Waals surface area contributed by atoms with Gasteiger partial charge in [0.25, 0.3) is 5.91 Å². The first kappa shape index (κ1) is 20.9. The minimum absolute atomic E-state index is 0.146. The lowest BCUT2D eigenvalue weighted by atomic mass is 10.00. The second-order valence-electron chi connectivity index (χ2n) is 8.05. The van der Waals surface area contributed by atoms with Gasteiger partial charge < -0.3 is 14.9 Å². The first-order valence-electron chi connectivity index (χ1n) is 10.2. The largest absolute Gasteiger partial charge is 0.503 e. The first-order valence-corrected chi connectivity index (χ1v) is 11.9. The molecular formula is C23H22N4O3S2. The molecule has 0 aliphatic carbocycles. The number of nitrogens with zero attached hydrogens (tertiary/aromatic N) is 4. The van der Waals surface area contributed by atoms with Crippen LogP contribution in [-0.4, -0.2) is 63.2 Å². The Bertz CT molecular complexity index is 1380. The summed E-state index contributed by atoms with van der Waals surface area (Å²) in [4.78, 5) is 37.0. The van der Waals surface area contributed by atoms with Crippen LogP contribution < -0.4 is 0 Å². The molecule has 0 spiro atoms. The van der Waals surface area contributed by atoms with Gasteiger partial charge in [0.1, 0.15) is 0 Å². The molecule has 1 amide bonds. The lowest BCUT2D eigenvalue weighted by Crippen LogP contribution is -2.36. The van der Waals surface area contributed by atoms with E-state index >= 15 is 0 Å². The van der Waals surface area contributed by atoms with Crippen LogP contribution in [0.2, 0.25) is 0 Å². The normalized spacial score (nSPS) is 16.9. The quantitative estimate of drug-likeness (QED) is 0.434. The molecule has 1 N–H and O–H groups in total. The van der Waals surface area contributed by atoms with Crippen LogP contribution in [0.5, 0.6) is 0 Å². The van der Waals surface area contributed by atoms with Gasteiger partial charge in [-0.05, 0) is 44.6 Å². The summed E-state index contributed by atoms with van der Waals surface area (Å²) in [5.41, 5.74) is 2.70. The number of carbonyl (C=O) groups is 2. The second-order valence-corrected chi connectivity index (χ2v) is 10.0. The molecule has 1 unspecified atom stereocenters. The number of fused-ring (bicyclic) bond motifs is 3. The van der Waals surface area contributed by atoms with E-state index in [4.69, 9.17) is 0 Å². The molecule has 4 aromatic rings. The summed E-state index contributed by atoms with van der Waals surface area (Å²) in [7, 11) is 3.85. The molecule has 164 valence electrons. The van der Waals surface area contributed by atoms with Crippen LogP contribution in [0.3, 0.4) is 0 Å². The van der Waals surface area contributed by atoms with Crippen LogP contribution in [0, 0.1) is 6.92 Å². The number of amides is 1. The number of thiazole rings is 1. The van der Waals surface area contributed by atoms with Crippen molar-refractivity contribution < 1.29 is 14.7 Å². The average Bonchev–Trinajstić information content (AvgIpc) is 3.52. The molecule has 1 aliphatic rings. The van der Waals surface area contributed by atoms with Crippen molar-refractivity contribution in [3.8, 4) is 0 Å². The van der Waals surface area contributed by atoms with Crippen LogP contribution in [0.25, 0.3) is 16.0 Å². The monoisotopic (exact) mass is 466 g/mol. The molecule has 5 rings (SSSR count). The van der Waals surface area contributed by atoms with Crippen molar-refractivity contribution in [2.24, 2.45) is 0 Å². The third-order valence-corrected chi connectivity index (χ3v) is 7.81. The molecule has 32 heavy (non-hydrogen) atoms. The Kier molecular flexibility index (Phi) is 5.11. The fourth-order valence-electron chi connectivity index (χ4n) is 4.16. The van der Waals surface area contributed by atoms with Crippen LogP contribution in [0.4, 0.5) is 0 Å². The fraction of sp³-hybridized carbons (Fsp3) is 0.261.